The van der Waals surface area contributed by atoms with Crippen LogP contribution in [0.15, 0.2) is 24.3 Å². The summed E-state index contributed by atoms with van der Waals surface area (Å²) in [5, 5.41) is 12.5. The number of terminal acetylenes is 1. The monoisotopic (exact) mass is 313 g/mol. The molecule has 5 nitrogen and oxygen atoms in total. The lowest BCUT2D eigenvalue weighted by atomic mass is 10.0. The van der Waals surface area contributed by atoms with E-state index in [4.69, 9.17) is 11.2 Å². The Kier molecular flexibility index (Phi) is 4.47. The molecule has 22 heavy (non-hydrogen) atoms. The van der Waals surface area contributed by atoms with Crippen LogP contribution in [-0.4, -0.2) is 29.3 Å². The second-order valence-electron chi connectivity index (χ2n) is 5.01. The molecule has 0 saturated carbocycles. The molecule has 1 aliphatic heterocycles. The smallest absolute Gasteiger partial charge is 0.257 e. The number of carbonyl (C=O) groups excluding carboxylic acids is 1. The number of hydrogen-bond acceptors (Lipinski definition) is 5. The number of ether oxygens (including phenoxy) is 1. The summed E-state index contributed by atoms with van der Waals surface area (Å²) in [5.74, 6) is 2.69. The van der Waals surface area contributed by atoms with E-state index < -0.39 is 0 Å². The molecule has 1 aromatic heterocycles. The molecule has 0 atom stereocenters. The fourth-order valence-corrected chi connectivity index (χ4v) is 3.19. The summed E-state index contributed by atoms with van der Waals surface area (Å²) < 4.78 is 5.34. The van der Waals surface area contributed by atoms with E-state index in [9.17, 15) is 4.79 Å². The third-order valence-electron chi connectivity index (χ3n) is 3.55. The highest BCUT2D eigenvalue weighted by Crippen LogP contribution is 2.30. The zero-order chi connectivity index (χ0) is 15.4. The molecular formula is C16H15N3O2S. The summed E-state index contributed by atoms with van der Waals surface area (Å²) >= 11 is 1.43. The van der Waals surface area contributed by atoms with Crippen molar-refractivity contribution in [1.82, 2.24) is 10.2 Å². The second kappa shape index (κ2) is 6.69. The van der Waals surface area contributed by atoms with Crippen LogP contribution in [0.1, 0.15) is 39.7 Å². The summed E-state index contributed by atoms with van der Waals surface area (Å²) in [7, 11) is 0. The predicted molar refractivity (Wildman–Crippen MR) is 85.0 cm³/mol. The summed E-state index contributed by atoms with van der Waals surface area (Å²) in [6.07, 6.45) is 7.21. The van der Waals surface area contributed by atoms with Crippen molar-refractivity contribution in [2.24, 2.45) is 0 Å². The number of nitrogens with one attached hydrogen (secondary N) is 1. The van der Waals surface area contributed by atoms with Crippen LogP contribution in [0.5, 0.6) is 0 Å². The van der Waals surface area contributed by atoms with Crippen molar-refractivity contribution in [2.45, 2.75) is 18.8 Å². The van der Waals surface area contributed by atoms with Crippen molar-refractivity contribution in [3.8, 4) is 12.3 Å². The molecule has 3 rings (SSSR count). The van der Waals surface area contributed by atoms with Gasteiger partial charge in [-0.05, 0) is 37.1 Å². The largest absolute Gasteiger partial charge is 0.381 e. The normalized spacial score (nSPS) is 15.2. The second-order valence-corrected chi connectivity index (χ2v) is 6.02. The maximum absolute atomic E-state index is 12.2. The van der Waals surface area contributed by atoms with Gasteiger partial charge in [0.25, 0.3) is 5.91 Å². The Morgan fingerprint density at radius 2 is 2.00 bits per heavy atom. The molecule has 2 aromatic rings. The number of hydrogen-bond donors (Lipinski definition) is 1. The van der Waals surface area contributed by atoms with Crippen molar-refractivity contribution in [3.63, 3.8) is 0 Å². The van der Waals surface area contributed by atoms with E-state index in [-0.39, 0.29) is 5.91 Å². The number of rotatable bonds is 3. The maximum atomic E-state index is 12.2. The van der Waals surface area contributed by atoms with Crippen LogP contribution in [0, 0.1) is 12.3 Å². The molecule has 0 radical (unpaired) electrons. The first-order valence-corrected chi connectivity index (χ1v) is 7.87. The van der Waals surface area contributed by atoms with E-state index in [0.717, 1.165) is 36.6 Å². The third kappa shape index (κ3) is 3.32. The van der Waals surface area contributed by atoms with Gasteiger partial charge in [0, 0.05) is 30.3 Å². The molecule has 1 amide bonds. The van der Waals surface area contributed by atoms with Gasteiger partial charge in [-0.15, -0.1) is 16.6 Å². The average Bonchev–Trinajstić information content (AvgIpc) is 3.04. The van der Waals surface area contributed by atoms with Gasteiger partial charge in [-0.1, -0.05) is 17.3 Å². The summed E-state index contributed by atoms with van der Waals surface area (Å²) in [6.45, 7) is 1.51. The predicted octanol–water partition coefficient (Wildman–Crippen LogP) is 2.67. The molecule has 112 valence electrons. The van der Waals surface area contributed by atoms with Crippen LogP contribution >= 0.6 is 11.3 Å². The number of aromatic nitrogens is 2. The third-order valence-corrected chi connectivity index (χ3v) is 4.55. The van der Waals surface area contributed by atoms with E-state index in [0.29, 0.717) is 16.6 Å². The Bertz CT molecular complexity index is 697. The number of carbonyl (C=O) groups is 1. The molecule has 1 aliphatic rings. The number of anilines is 1. The minimum Gasteiger partial charge on any atom is -0.381 e. The Hall–Kier alpha value is -2.23. The van der Waals surface area contributed by atoms with E-state index >= 15 is 0 Å². The first-order valence-electron chi connectivity index (χ1n) is 7.05. The minimum absolute atomic E-state index is 0.210. The van der Waals surface area contributed by atoms with Crippen LogP contribution in [0.4, 0.5) is 5.13 Å². The summed E-state index contributed by atoms with van der Waals surface area (Å²) in [4.78, 5) is 12.2. The van der Waals surface area contributed by atoms with Crippen molar-refractivity contribution < 1.29 is 9.53 Å². The van der Waals surface area contributed by atoms with Gasteiger partial charge in [-0.3, -0.25) is 10.1 Å². The van der Waals surface area contributed by atoms with Crippen LogP contribution in [0.3, 0.4) is 0 Å². The molecule has 1 saturated heterocycles. The van der Waals surface area contributed by atoms with Gasteiger partial charge in [0.15, 0.2) is 0 Å². The quantitative estimate of drug-likeness (QED) is 0.885. The Morgan fingerprint density at radius 1 is 1.27 bits per heavy atom. The van der Waals surface area contributed by atoms with Gasteiger partial charge in [-0.25, -0.2) is 0 Å². The van der Waals surface area contributed by atoms with Crippen molar-refractivity contribution >= 4 is 22.4 Å². The highest BCUT2D eigenvalue weighted by molar-refractivity contribution is 7.15. The topological polar surface area (TPSA) is 64.1 Å². The zero-order valence-corrected chi connectivity index (χ0v) is 12.7. The minimum atomic E-state index is -0.210. The lowest BCUT2D eigenvalue weighted by Crippen LogP contribution is -2.13. The van der Waals surface area contributed by atoms with E-state index in [1.165, 1.54) is 11.3 Å². The molecule has 6 heteroatoms. The molecule has 0 aliphatic carbocycles. The number of amides is 1. The van der Waals surface area contributed by atoms with Crippen LogP contribution in [-0.2, 0) is 4.74 Å². The Morgan fingerprint density at radius 3 is 2.68 bits per heavy atom. The van der Waals surface area contributed by atoms with Gasteiger partial charge >= 0.3 is 0 Å². The van der Waals surface area contributed by atoms with Crippen molar-refractivity contribution in [3.05, 3.63) is 40.4 Å². The Labute approximate surface area is 132 Å². The summed E-state index contributed by atoms with van der Waals surface area (Å²) in [5.41, 5.74) is 1.29. The molecule has 0 unspecified atom stereocenters. The van der Waals surface area contributed by atoms with Gasteiger partial charge in [-0.2, -0.15) is 0 Å². The molecule has 1 fully saturated rings. The number of benzene rings is 1. The fourth-order valence-electron chi connectivity index (χ4n) is 2.28. The molecular weight excluding hydrogens is 298 g/mol. The van der Waals surface area contributed by atoms with Crippen LogP contribution < -0.4 is 5.32 Å². The van der Waals surface area contributed by atoms with Gasteiger partial charge in [0.2, 0.25) is 5.13 Å². The standard InChI is InChI=1S/C16H15N3O2S/c1-2-11-3-5-12(6-4-11)14(20)17-16-19-18-15(22-16)13-7-9-21-10-8-13/h1,3-6,13H,7-10H2,(H,17,19,20). The SMILES string of the molecule is C#Cc1ccc(C(=O)Nc2nnc(C3CCOCC3)s2)cc1. The fraction of sp³-hybridized carbons (Fsp3) is 0.312. The number of nitrogens with zero attached hydrogens (tertiary/aromatic N) is 2. The Balaban J connectivity index is 1.66. The van der Waals surface area contributed by atoms with Crippen LogP contribution in [0.25, 0.3) is 0 Å². The first kappa shape index (κ1) is 14.7. The van der Waals surface area contributed by atoms with Crippen molar-refractivity contribution in [2.75, 3.05) is 18.5 Å². The lowest BCUT2D eigenvalue weighted by Gasteiger charge is -2.18. The molecule has 2 heterocycles. The van der Waals surface area contributed by atoms with Crippen LogP contribution in [0.2, 0.25) is 0 Å². The highest BCUT2D eigenvalue weighted by Gasteiger charge is 2.20. The van der Waals surface area contributed by atoms with Gasteiger partial charge in [0.1, 0.15) is 5.01 Å². The molecule has 0 spiro atoms. The maximum Gasteiger partial charge on any atom is 0.257 e. The van der Waals surface area contributed by atoms with Crippen molar-refractivity contribution in [1.29, 1.82) is 0 Å². The van der Waals surface area contributed by atoms with Gasteiger partial charge < -0.3 is 4.74 Å². The zero-order valence-electron chi connectivity index (χ0n) is 11.9. The van der Waals surface area contributed by atoms with E-state index in [1.807, 2.05) is 0 Å². The highest BCUT2D eigenvalue weighted by atomic mass is 32.1. The van der Waals surface area contributed by atoms with E-state index in [1.54, 1.807) is 24.3 Å². The van der Waals surface area contributed by atoms with Gasteiger partial charge in [0.05, 0.1) is 0 Å². The lowest BCUT2D eigenvalue weighted by molar-refractivity contribution is 0.0851. The molecule has 0 bridgehead atoms. The molecule has 1 N–H and O–H groups in total. The first-order chi connectivity index (χ1) is 10.8. The molecule has 1 aromatic carbocycles. The van der Waals surface area contributed by atoms with E-state index in [2.05, 4.69) is 21.4 Å². The average molecular weight is 313 g/mol. The summed E-state index contributed by atoms with van der Waals surface area (Å²) in [6, 6.07) is 6.88.